The second-order valence-corrected chi connectivity index (χ2v) is 8.70. The zero-order valence-corrected chi connectivity index (χ0v) is 19.8. The molecule has 0 unspecified atom stereocenters. The SMILES string of the molecule is CC(/C=C/CCCCCCCOc1ccc2cccc(Cl)c2n1)=C\C(=O)NCC(C)C. The molecule has 5 heteroatoms. The van der Waals surface area contributed by atoms with Gasteiger partial charge >= 0.3 is 0 Å². The van der Waals surface area contributed by atoms with Crippen LogP contribution in [0.1, 0.15) is 59.3 Å². The maximum absolute atomic E-state index is 11.7. The first-order valence-corrected chi connectivity index (χ1v) is 11.6. The second kappa shape index (κ2) is 13.9. The number of rotatable bonds is 13. The molecule has 1 aromatic carbocycles. The first-order valence-electron chi connectivity index (χ1n) is 11.3. The predicted octanol–water partition coefficient (Wildman–Crippen LogP) is 6.88. The molecule has 0 atom stereocenters. The molecule has 0 spiro atoms. The van der Waals surface area contributed by atoms with Crippen LogP contribution < -0.4 is 10.1 Å². The van der Waals surface area contributed by atoms with E-state index < -0.39 is 0 Å². The maximum atomic E-state index is 11.7. The van der Waals surface area contributed by atoms with E-state index in [1.807, 2.05) is 43.3 Å². The summed E-state index contributed by atoms with van der Waals surface area (Å²) in [4.78, 5) is 16.2. The first kappa shape index (κ1) is 24.9. The maximum Gasteiger partial charge on any atom is 0.244 e. The molecule has 168 valence electrons. The number of allylic oxidation sites excluding steroid dienone is 3. The Kier molecular flexibility index (Phi) is 11.2. The number of halogens is 1. The molecule has 0 bridgehead atoms. The van der Waals surface area contributed by atoms with E-state index in [1.54, 1.807) is 6.08 Å². The van der Waals surface area contributed by atoms with E-state index in [9.17, 15) is 4.79 Å². The quantitative estimate of drug-likeness (QED) is 0.209. The Morgan fingerprint density at radius 3 is 2.71 bits per heavy atom. The number of amides is 1. The number of hydrogen-bond donors (Lipinski definition) is 1. The minimum Gasteiger partial charge on any atom is -0.478 e. The fourth-order valence-electron chi connectivity index (χ4n) is 3.12. The fourth-order valence-corrected chi connectivity index (χ4v) is 3.35. The smallest absolute Gasteiger partial charge is 0.244 e. The standard InChI is InChI=1S/C26H35ClN2O2/c1-20(2)19-28-24(30)18-21(3)12-9-7-5-4-6-8-10-17-31-25-16-15-22-13-11-14-23(27)26(22)29-25/h9,11-16,18,20H,4-8,10,17,19H2,1-3H3,(H,28,30)/b12-9+,21-18+. The van der Waals surface area contributed by atoms with Crippen LogP contribution in [-0.4, -0.2) is 24.0 Å². The average Bonchev–Trinajstić information content (AvgIpc) is 2.74. The molecular formula is C26H35ClN2O2. The third-order valence-corrected chi connectivity index (χ3v) is 5.14. The van der Waals surface area contributed by atoms with Gasteiger partial charge in [-0.05, 0) is 49.8 Å². The van der Waals surface area contributed by atoms with Gasteiger partial charge in [-0.3, -0.25) is 4.79 Å². The van der Waals surface area contributed by atoms with E-state index in [-0.39, 0.29) is 5.91 Å². The van der Waals surface area contributed by atoms with Crippen molar-refractivity contribution >= 4 is 28.4 Å². The van der Waals surface area contributed by atoms with Gasteiger partial charge in [0.25, 0.3) is 0 Å². The molecule has 1 N–H and O–H groups in total. The van der Waals surface area contributed by atoms with Gasteiger partial charge in [0.1, 0.15) is 0 Å². The lowest BCUT2D eigenvalue weighted by Crippen LogP contribution is -2.25. The second-order valence-electron chi connectivity index (χ2n) is 8.30. The van der Waals surface area contributed by atoms with Gasteiger partial charge in [0.2, 0.25) is 11.8 Å². The van der Waals surface area contributed by atoms with Crippen LogP contribution in [0.5, 0.6) is 5.88 Å². The summed E-state index contributed by atoms with van der Waals surface area (Å²) < 4.78 is 5.78. The largest absolute Gasteiger partial charge is 0.478 e. The van der Waals surface area contributed by atoms with Crippen LogP contribution >= 0.6 is 11.6 Å². The van der Waals surface area contributed by atoms with Crippen molar-refractivity contribution in [3.8, 4) is 5.88 Å². The average molecular weight is 443 g/mol. The van der Waals surface area contributed by atoms with Crippen LogP contribution in [0.15, 0.2) is 54.1 Å². The van der Waals surface area contributed by atoms with Crippen LogP contribution in [0, 0.1) is 5.92 Å². The Labute approximate surface area is 191 Å². The van der Waals surface area contributed by atoms with E-state index in [0.717, 1.165) is 42.2 Å². The van der Waals surface area contributed by atoms with Crippen LogP contribution in [0.3, 0.4) is 0 Å². The summed E-state index contributed by atoms with van der Waals surface area (Å²) in [6.45, 7) is 7.52. The van der Waals surface area contributed by atoms with Crippen LogP contribution in [0.2, 0.25) is 5.02 Å². The number of benzene rings is 1. The Bertz CT molecular complexity index is 890. The molecule has 0 radical (unpaired) electrons. The molecule has 0 fully saturated rings. The van der Waals surface area contributed by atoms with Crippen molar-refractivity contribution in [1.29, 1.82) is 0 Å². The monoisotopic (exact) mass is 442 g/mol. The highest BCUT2D eigenvalue weighted by atomic mass is 35.5. The summed E-state index contributed by atoms with van der Waals surface area (Å²) in [6, 6.07) is 9.66. The minimum absolute atomic E-state index is 0.0138. The molecular weight excluding hydrogens is 408 g/mol. The normalized spacial score (nSPS) is 12.1. The Balaban J connectivity index is 1.53. The summed E-state index contributed by atoms with van der Waals surface area (Å²) in [6.07, 6.45) is 12.6. The van der Waals surface area contributed by atoms with Gasteiger partial charge in [0.05, 0.1) is 17.1 Å². The molecule has 2 rings (SSSR count). The molecule has 0 aliphatic rings. The lowest BCUT2D eigenvalue weighted by Gasteiger charge is -2.07. The Morgan fingerprint density at radius 2 is 1.90 bits per heavy atom. The summed E-state index contributed by atoms with van der Waals surface area (Å²) in [7, 11) is 0. The summed E-state index contributed by atoms with van der Waals surface area (Å²) in [5, 5.41) is 4.57. The van der Waals surface area contributed by atoms with Gasteiger partial charge in [-0.1, -0.05) is 69.0 Å². The topological polar surface area (TPSA) is 51.2 Å². The molecule has 2 aromatic rings. The molecule has 0 saturated heterocycles. The number of carbonyl (C=O) groups is 1. The number of hydrogen-bond acceptors (Lipinski definition) is 3. The van der Waals surface area contributed by atoms with Crippen molar-refractivity contribution in [2.24, 2.45) is 5.92 Å². The van der Waals surface area contributed by atoms with Crippen molar-refractivity contribution < 1.29 is 9.53 Å². The molecule has 0 aliphatic heterocycles. The highest BCUT2D eigenvalue weighted by Crippen LogP contribution is 2.23. The molecule has 4 nitrogen and oxygen atoms in total. The van der Waals surface area contributed by atoms with Gasteiger partial charge in [0.15, 0.2) is 0 Å². The van der Waals surface area contributed by atoms with E-state index in [0.29, 0.717) is 30.0 Å². The van der Waals surface area contributed by atoms with E-state index in [1.165, 1.54) is 12.8 Å². The van der Waals surface area contributed by atoms with Crippen molar-refractivity contribution in [2.45, 2.75) is 59.3 Å². The summed E-state index contributed by atoms with van der Waals surface area (Å²) in [5.74, 6) is 1.08. The van der Waals surface area contributed by atoms with Crippen LogP contribution in [0.25, 0.3) is 10.9 Å². The number of nitrogens with one attached hydrogen (secondary N) is 1. The summed E-state index contributed by atoms with van der Waals surface area (Å²) >= 11 is 6.20. The molecule has 1 aromatic heterocycles. The molecule has 1 heterocycles. The third-order valence-electron chi connectivity index (χ3n) is 4.83. The number of aromatic nitrogens is 1. The number of ether oxygens (including phenoxy) is 1. The molecule has 0 saturated carbocycles. The van der Waals surface area contributed by atoms with Gasteiger partial charge in [-0.25, -0.2) is 4.98 Å². The number of unbranched alkanes of at least 4 members (excludes halogenated alkanes) is 5. The Hall–Kier alpha value is -2.33. The number of fused-ring (bicyclic) bond motifs is 1. The van der Waals surface area contributed by atoms with Crippen LogP contribution in [0.4, 0.5) is 0 Å². The van der Waals surface area contributed by atoms with Crippen LogP contribution in [-0.2, 0) is 4.79 Å². The van der Waals surface area contributed by atoms with E-state index in [4.69, 9.17) is 16.3 Å². The zero-order valence-electron chi connectivity index (χ0n) is 19.0. The molecule has 31 heavy (non-hydrogen) atoms. The number of para-hydroxylation sites is 1. The van der Waals surface area contributed by atoms with Crippen molar-refractivity contribution in [1.82, 2.24) is 10.3 Å². The lowest BCUT2D eigenvalue weighted by molar-refractivity contribution is -0.116. The minimum atomic E-state index is -0.0138. The number of nitrogens with zero attached hydrogens (tertiary/aromatic N) is 1. The highest BCUT2D eigenvalue weighted by Gasteiger charge is 2.03. The van der Waals surface area contributed by atoms with E-state index >= 15 is 0 Å². The number of carbonyl (C=O) groups excluding carboxylic acids is 1. The van der Waals surface area contributed by atoms with Crippen molar-refractivity contribution in [3.05, 3.63) is 59.2 Å². The lowest BCUT2D eigenvalue weighted by atomic mass is 10.1. The van der Waals surface area contributed by atoms with E-state index in [2.05, 4.69) is 30.2 Å². The highest BCUT2D eigenvalue weighted by molar-refractivity contribution is 6.35. The van der Waals surface area contributed by atoms with Gasteiger partial charge in [0, 0.05) is 24.1 Å². The van der Waals surface area contributed by atoms with Gasteiger partial charge in [-0.2, -0.15) is 0 Å². The van der Waals surface area contributed by atoms with Crippen molar-refractivity contribution in [2.75, 3.05) is 13.2 Å². The van der Waals surface area contributed by atoms with Gasteiger partial charge in [-0.15, -0.1) is 0 Å². The third kappa shape index (κ3) is 10.0. The molecule has 1 amide bonds. The van der Waals surface area contributed by atoms with Crippen molar-refractivity contribution in [3.63, 3.8) is 0 Å². The van der Waals surface area contributed by atoms with Gasteiger partial charge < -0.3 is 10.1 Å². The molecule has 0 aliphatic carbocycles. The predicted molar refractivity (Wildman–Crippen MR) is 131 cm³/mol. The Morgan fingerprint density at radius 1 is 1.13 bits per heavy atom. The first-order chi connectivity index (χ1) is 15.0. The summed E-state index contributed by atoms with van der Waals surface area (Å²) in [5.41, 5.74) is 1.78. The number of pyridine rings is 1. The zero-order chi connectivity index (χ0) is 22.5. The fraction of sp³-hybridized carbons (Fsp3) is 0.462.